The molecule has 1 heterocycles. The Kier molecular flexibility index (Phi) is 4.61. The molecular weight excluding hydrogens is 359 g/mol. The number of halogens is 2. The van der Waals surface area contributed by atoms with Crippen molar-refractivity contribution in [2.45, 2.75) is 13.8 Å². The molecule has 26 heavy (non-hydrogen) atoms. The Morgan fingerprint density at radius 1 is 1.08 bits per heavy atom. The van der Waals surface area contributed by atoms with Gasteiger partial charge in [-0.05, 0) is 55.3 Å². The Morgan fingerprint density at radius 2 is 1.73 bits per heavy atom. The first kappa shape index (κ1) is 17.8. The average Bonchev–Trinajstić information content (AvgIpc) is 2.52. The van der Waals surface area contributed by atoms with Crippen molar-refractivity contribution in [3.05, 3.63) is 69.5 Å². The van der Waals surface area contributed by atoms with E-state index < -0.39 is 23.7 Å². The number of carbonyl (C=O) groups is 3. The van der Waals surface area contributed by atoms with Crippen LogP contribution in [0.3, 0.4) is 0 Å². The van der Waals surface area contributed by atoms with Gasteiger partial charge < -0.3 is 0 Å². The summed E-state index contributed by atoms with van der Waals surface area (Å²) in [5.74, 6) is -2.43. The Hall–Kier alpha value is -2.99. The van der Waals surface area contributed by atoms with Gasteiger partial charge in [-0.3, -0.25) is 14.9 Å². The Morgan fingerprint density at radius 3 is 2.35 bits per heavy atom. The highest BCUT2D eigenvalue weighted by molar-refractivity contribution is 6.39. The Balaban J connectivity index is 2.10. The zero-order chi connectivity index (χ0) is 19.0. The fourth-order valence-corrected chi connectivity index (χ4v) is 2.98. The Bertz CT molecular complexity index is 944. The predicted octanol–water partition coefficient (Wildman–Crippen LogP) is 3.76. The molecule has 0 atom stereocenters. The largest absolute Gasteiger partial charge is 0.335 e. The number of carbonyl (C=O) groups excluding carboxylic acids is 3. The molecular formula is C19H14ClFN2O3. The normalized spacial score (nSPS) is 16.2. The third-order valence-corrected chi connectivity index (χ3v) is 4.18. The molecule has 0 radical (unpaired) electrons. The molecule has 2 aromatic rings. The summed E-state index contributed by atoms with van der Waals surface area (Å²) in [7, 11) is 0. The van der Waals surface area contributed by atoms with Crippen LogP contribution in [-0.2, 0) is 9.59 Å². The second-order valence-electron chi connectivity index (χ2n) is 5.94. The second kappa shape index (κ2) is 6.72. The summed E-state index contributed by atoms with van der Waals surface area (Å²) >= 11 is 5.96. The molecule has 7 heteroatoms. The van der Waals surface area contributed by atoms with Gasteiger partial charge in [-0.1, -0.05) is 23.7 Å². The van der Waals surface area contributed by atoms with Gasteiger partial charge in [0, 0.05) is 5.56 Å². The van der Waals surface area contributed by atoms with Gasteiger partial charge in [0.25, 0.3) is 11.8 Å². The predicted molar refractivity (Wildman–Crippen MR) is 96.3 cm³/mol. The third kappa shape index (κ3) is 3.23. The molecule has 2 aromatic carbocycles. The molecule has 0 unspecified atom stereocenters. The summed E-state index contributed by atoms with van der Waals surface area (Å²) in [6, 6.07) is 8.33. The molecule has 5 nitrogen and oxygen atoms in total. The zero-order valence-electron chi connectivity index (χ0n) is 14.0. The van der Waals surface area contributed by atoms with Crippen molar-refractivity contribution in [3.8, 4) is 0 Å². The van der Waals surface area contributed by atoms with Crippen molar-refractivity contribution in [1.29, 1.82) is 0 Å². The van der Waals surface area contributed by atoms with Gasteiger partial charge in [0.2, 0.25) is 0 Å². The SMILES string of the molecule is Cc1cc(C)cc(N2C(=O)NC(=O)/C(=C/c3c(F)cccc3Cl)C2=O)c1. The molecule has 0 spiro atoms. The number of urea groups is 1. The number of aryl methyl sites for hydroxylation is 2. The molecule has 132 valence electrons. The smallest absolute Gasteiger partial charge is 0.273 e. The lowest BCUT2D eigenvalue weighted by Crippen LogP contribution is -2.54. The van der Waals surface area contributed by atoms with E-state index in [0.29, 0.717) is 5.69 Å². The first-order valence-corrected chi connectivity index (χ1v) is 8.09. The van der Waals surface area contributed by atoms with Crippen LogP contribution in [0.25, 0.3) is 6.08 Å². The van der Waals surface area contributed by atoms with Gasteiger partial charge in [0.05, 0.1) is 10.7 Å². The third-order valence-electron chi connectivity index (χ3n) is 3.85. The van der Waals surface area contributed by atoms with Crippen LogP contribution in [-0.4, -0.2) is 17.8 Å². The number of nitrogens with one attached hydrogen (secondary N) is 1. The molecule has 0 aliphatic carbocycles. The lowest BCUT2D eigenvalue weighted by molar-refractivity contribution is -0.122. The first-order valence-electron chi connectivity index (χ1n) is 7.71. The highest BCUT2D eigenvalue weighted by Gasteiger charge is 2.37. The topological polar surface area (TPSA) is 66.5 Å². The van der Waals surface area contributed by atoms with Crippen LogP contribution in [0, 0.1) is 19.7 Å². The lowest BCUT2D eigenvalue weighted by atomic mass is 10.1. The van der Waals surface area contributed by atoms with Gasteiger partial charge in [-0.2, -0.15) is 0 Å². The van der Waals surface area contributed by atoms with Gasteiger partial charge in [0.15, 0.2) is 0 Å². The molecule has 1 aliphatic heterocycles. The van der Waals surface area contributed by atoms with Crippen molar-refractivity contribution in [3.63, 3.8) is 0 Å². The minimum atomic E-state index is -0.903. The monoisotopic (exact) mass is 372 g/mol. The fourth-order valence-electron chi connectivity index (χ4n) is 2.76. The number of imide groups is 2. The molecule has 0 saturated carbocycles. The van der Waals surface area contributed by atoms with Gasteiger partial charge >= 0.3 is 6.03 Å². The van der Waals surface area contributed by atoms with E-state index in [1.54, 1.807) is 12.1 Å². The van der Waals surface area contributed by atoms with Crippen LogP contribution in [0.4, 0.5) is 14.9 Å². The van der Waals surface area contributed by atoms with E-state index in [-0.39, 0.29) is 16.2 Å². The van der Waals surface area contributed by atoms with Crippen LogP contribution < -0.4 is 10.2 Å². The van der Waals surface area contributed by atoms with E-state index in [1.807, 2.05) is 19.9 Å². The van der Waals surface area contributed by atoms with Crippen LogP contribution in [0.15, 0.2) is 42.0 Å². The molecule has 1 N–H and O–H groups in total. The quantitative estimate of drug-likeness (QED) is 0.644. The number of barbiturate groups is 1. The maximum atomic E-state index is 14.0. The van der Waals surface area contributed by atoms with Gasteiger partial charge in [-0.15, -0.1) is 0 Å². The summed E-state index contributed by atoms with van der Waals surface area (Å²) in [5, 5.41) is 2.15. The first-order chi connectivity index (χ1) is 12.3. The highest BCUT2D eigenvalue weighted by Crippen LogP contribution is 2.26. The minimum absolute atomic E-state index is 0.0490. The molecule has 4 amide bonds. The van der Waals surface area contributed by atoms with Crippen molar-refractivity contribution in [2.75, 3.05) is 4.90 Å². The summed E-state index contributed by atoms with van der Waals surface area (Å²) in [4.78, 5) is 38.0. The van der Waals surface area contributed by atoms with E-state index in [4.69, 9.17) is 11.6 Å². The zero-order valence-corrected chi connectivity index (χ0v) is 14.7. The van der Waals surface area contributed by atoms with E-state index >= 15 is 0 Å². The molecule has 1 fully saturated rings. The minimum Gasteiger partial charge on any atom is -0.273 e. The molecule has 3 rings (SSSR count). The number of rotatable bonds is 2. The number of benzene rings is 2. The molecule has 1 aliphatic rings. The van der Waals surface area contributed by atoms with Crippen molar-refractivity contribution >= 4 is 41.2 Å². The number of hydrogen-bond donors (Lipinski definition) is 1. The maximum absolute atomic E-state index is 14.0. The lowest BCUT2D eigenvalue weighted by Gasteiger charge is -2.27. The Labute approximate surface area is 154 Å². The highest BCUT2D eigenvalue weighted by atomic mass is 35.5. The second-order valence-corrected chi connectivity index (χ2v) is 6.35. The fraction of sp³-hybridized carbons (Fsp3) is 0.105. The molecule has 0 bridgehead atoms. The van der Waals surface area contributed by atoms with Crippen molar-refractivity contribution in [1.82, 2.24) is 5.32 Å². The summed E-state index contributed by atoms with van der Waals surface area (Å²) < 4.78 is 14.0. The summed E-state index contributed by atoms with van der Waals surface area (Å²) in [5.41, 5.74) is 1.54. The van der Waals surface area contributed by atoms with E-state index in [0.717, 1.165) is 28.2 Å². The van der Waals surface area contributed by atoms with Crippen LogP contribution >= 0.6 is 11.6 Å². The maximum Gasteiger partial charge on any atom is 0.335 e. The van der Waals surface area contributed by atoms with Gasteiger partial charge in [-0.25, -0.2) is 14.1 Å². The van der Waals surface area contributed by atoms with E-state index in [1.165, 1.54) is 12.1 Å². The van der Waals surface area contributed by atoms with Crippen LogP contribution in [0.2, 0.25) is 5.02 Å². The van der Waals surface area contributed by atoms with Crippen LogP contribution in [0.5, 0.6) is 0 Å². The molecule has 0 aromatic heterocycles. The van der Waals surface area contributed by atoms with Crippen LogP contribution in [0.1, 0.15) is 16.7 Å². The standard InChI is InChI=1S/C19H14ClFN2O3/c1-10-6-11(2)8-12(7-10)23-18(25)14(17(24)22-19(23)26)9-13-15(20)4-3-5-16(13)21/h3-9H,1-2H3,(H,22,24,26)/b14-9-. The van der Waals surface area contributed by atoms with E-state index in [9.17, 15) is 18.8 Å². The van der Waals surface area contributed by atoms with Crippen molar-refractivity contribution in [2.24, 2.45) is 0 Å². The number of nitrogens with zero attached hydrogens (tertiary/aromatic N) is 1. The molecule has 1 saturated heterocycles. The number of anilines is 1. The average molecular weight is 373 g/mol. The number of amides is 4. The van der Waals surface area contributed by atoms with Gasteiger partial charge in [0.1, 0.15) is 11.4 Å². The summed E-state index contributed by atoms with van der Waals surface area (Å²) in [6.07, 6.45) is 1.05. The van der Waals surface area contributed by atoms with Crippen molar-refractivity contribution < 1.29 is 18.8 Å². The summed E-state index contributed by atoms with van der Waals surface area (Å²) in [6.45, 7) is 3.65. The number of hydrogen-bond acceptors (Lipinski definition) is 3. The van der Waals surface area contributed by atoms with E-state index in [2.05, 4.69) is 5.32 Å².